The molecule has 0 saturated carbocycles. The van der Waals surface area contributed by atoms with Crippen molar-refractivity contribution in [2.45, 2.75) is 38.5 Å². The van der Waals surface area contributed by atoms with Crippen LogP contribution in [0.15, 0.2) is 49.6 Å². The molecule has 2 nitrogen and oxygen atoms in total. The van der Waals surface area contributed by atoms with E-state index in [1.807, 2.05) is 12.2 Å². The van der Waals surface area contributed by atoms with E-state index >= 15 is 0 Å². The summed E-state index contributed by atoms with van der Waals surface area (Å²) in [5.41, 5.74) is 6.31. The second-order valence-electron chi connectivity index (χ2n) is 4.14. The van der Waals surface area contributed by atoms with E-state index in [1.165, 1.54) is 12.8 Å². The first-order valence-electron chi connectivity index (χ1n) is 6.89. The third-order valence-corrected chi connectivity index (χ3v) is 2.46. The van der Waals surface area contributed by atoms with Crippen molar-refractivity contribution in [3.8, 4) is 0 Å². The van der Waals surface area contributed by atoms with Gasteiger partial charge in [0.1, 0.15) is 0 Å². The van der Waals surface area contributed by atoms with Crippen molar-refractivity contribution in [1.29, 1.82) is 0 Å². The summed E-state index contributed by atoms with van der Waals surface area (Å²) in [6, 6.07) is 0. The van der Waals surface area contributed by atoms with Gasteiger partial charge in [-0.25, -0.2) is 0 Å². The van der Waals surface area contributed by atoms with Crippen molar-refractivity contribution in [3.63, 3.8) is 0 Å². The van der Waals surface area contributed by atoms with Gasteiger partial charge in [-0.2, -0.15) is 0 Å². The second kappa shape index (κ2) is 15.9. The van der Waals surface area contributed by atoms with Crippen LogP contribution in [0.25, 0.3) is 0 Å². The first-order chi connectivity index (χ1) is 8.91. The van der Waals surface area contributed by atoms with E-state index in [4.69, 9.17) is 0 Å². The summed E-state index contributed by atoms with van der Waals surface area (Å²) >= 11 is 0. The fraction of sp³-hybridized carbons (Fsp3) is 0.500. The van der Waals surface area contributed by atoms with Crippen molar-refractivity contribution in [1.82, 2.24) is 10.9 Å². The van der Waals surface area contributed by atoms with E-state index in [9.17, 15) is 0 Å². The molecule has 0 aromatic heterocycles. The fourth-order valence-electron chi connectivity index (χ4n) is 1.42. The minimum Gasteiger partial charge on any atom is -0.254 e. The SMILES string of the molecule is C=CCCCC=CCNNCC=CCCCC=C. The summed E-state index contributed by atoms with van der Waals surface area (Å²) < 4.78 is 0. The lowest BCUT2D eigenvalue weighted by molar-refractivity contribution is 0.608. The average molecular weight is 248 g/mol. The van der Waals surface area contributed by atoms with Crippen LogP contribution in [0.2, 0.25) is 0 Å². The number of hydrazine groups is 1. The lowest BCUT2D eigenvalue weighted by Gasteiger charge is -2.00. The highest BCUT2D eigenvalue weighted by Crippen LogP contribution is 1.96. The Morgan fingerprint density at radius 1 is 0.611 bits per heavy atom. The van der Waals surface area contributed by atoms with Crippen molar-refractivity contribution in [2.24, 2.45) is 0 Å². The Morgan fingerprint density at radius 3 is 1.44 bits per heavy atom. The number of allylic oxidation sites excluding steroid dienone is 4. The van der Waals surface area contributed by atoms with Crippen LogP contribution in [-0.4, -0.2) is 13.1 Å². The fourth-order valence-corrected chi connectivity index (χ4v) is 1.42. The zero-order valence-corrected chi connectivity index (χ0v) is 11.5. The van der Waals surface area contributed by atoms with E-state index in [0.717, 1.165) is 38.8 Å². The van der Waals surface area contributed by atoms with Gasteiger partial charge in [0.25, 0.3) is 0 Å². The van der Waals surface area contributed by atoms with Gasteiger partial charge in [-0.1, -0.05) is 36.5 Å². The van der Waals surface area contributed by atoms with Crippen LogP contribution < -0.4 is 10.9 Å². The first kappa shape index (κ1) is 16.9. The summed E-state index contributed by atoms with van der Waals surface area (Å²) in [7, 11) is 0. The normalized spacial score (nSPS) is 11.3. The van der Waals surface area contributed by atoms with Crippen LogP contribution in [-0.2, 0) is 0 Å². The average Bonchev–Trinajstić information content (AvgIpc) is 2.39. The highest BCUT2D eigenvalue weighted by Gasteiger charge is 1.82. The maximum absolute atomic E-state index is 3.70. The molecule has 102 valence electrons. The van der Waals surface area contributed by atoms with Gasteiger partial charge < -0.3 is 0 Å². The zero-order valence-electron chi connectivity index (χ0n) is 11.5. The maximum atomic E-state index is 3.70. The minimum absolute atomic E-state index is 0.873. The minimum atomic E-state index is 0.873. The maximum Gasteiger partial charge on any atom is 0.0281 e. The Morgan fingerprint density at radius 2 is 1.06 bits per heavy atom. The Hall–Kier alpha value is -1.12. The number of nitrogens with one attached hydrogen (secondary N) is 2. The zero-order chi connectivity index (χ0) is 13.3. The molecule has 0 bridgehead atoms. The van der Waals surface area contributed by atoms with E-state index < -0.39 is 0 Å². The van der Waals surface area contributed by atoms with Gasteiger partial charge in [0.15, 0.2) is 0 Å². The Kier molecular flexibility index (Phi) is 14.9. The number of rotatable bonds is 13. The Balaban J connectivity index is 3.14. The van der Waals surface area contributed by atoms with Crippen LogP contribution in [0.5, 0.6) is 0 Å². The Bertz CT molecular complexity index is 215. The molecule has 0 amide bonds. The van der Waals surface area contributed by atoms with Gasteiger partial charge in [0.05, 0.1) is 0 Å². The van der Waals surface area contributed by atoms with Crippen molar-refractivity contribution in [3.05, 3.63) is 49.6 Å². The number of hydrogen-bond donors (Lipinski definition) is 2. The van der Waals surface area contributed by atoms with Gasteiger partial charge in [0, 0.05) is 13.1 Å². The molecule has 18 heavy (non-hydrogen) atoms. The number of hydrogen-bond acceptors (Lipinski definition) is 2. The second-order valence-corrected chi connectivity index (χ2v) is 4.14. The summed E-state index contributed by atoms with van der Waals surface area (Å²) in [5.74, 6) is 0. The lowest BCUT2D eigenvalue weighted by atomic mass is 10.2. The van der Waals surface area contributed by atoms with Gasteiger partial charge in [-0.3, -0.25) is 10.9 Å². The quantitative estimate of drug-likeness (QED) is 0.293. The van der Waals surface area contributed by atoms with Crippen LogP contribution in [0.1, 0.15) is 38.5 Å². The highest BCUT2D eigenvalue weighted by atomic mass is 15.3. The molecule has 0 heterocycles. The summed E-state index contributed by atoms with van der Waals surface area (Å²) in [6.45, 7) is 9.15. The molecule has 2 N–H and O–H groups in total. The third-order valence-electron chi connectivity index (χ3n) is 2.46. The Labute approximate surface area is 113 Å². The third kappa shape index (κ3) is 14.9. The molecule has 0 atom stereocenters. The molecule has 0 aliphatic rings. The highest BCUT2D eigenvalue weighted by molar-refractivity contribution is 4.86. The van der Waals surface area contributed by atoms with E-state index in [2.05, 4.69) is 48.3 Å². The molecule has 0 radical (unpaired) electrons. The molecular weight excluding hydrogens is 220 g/mol. The van der Waals surface area contributed by atoms with Gasteiger partial charge in [0.2, 0.25) is 0 Å². The van der Waals surface area contributed by atoms with Gasteiger partial charge >= 0.3 is 0 Å². The topological polar surface area (TPSA) is 24.1 Å². The molecule has 0 rings (SSSR count). The number of unbranched alkanes of at least 4 members (excludes halogenated alkanes) is 4. The van der Waals surface area contributed by atoms with Gasteiger partial charge in [-0.05, 0) is 38.5 Å². The molecular formula is C16H28N2. The van der Waals surface area contributed by atoms with Crippen LogP contribution in [0.3, 0.4) is 0 Å². The molecule has 0 spiro atoms. The molecule has 0 fully saturated rings. The van der Waals surface area contributed by atoms with Crippen molar-refractivity contribution < 1.29 is 0 Å². The molecule has 2 heteroatoms. The molecule has 0 aliphatic heterocycles. The summed E-state index contributed by atoms with van der Waals surface area (Å²) in [6.07, 6.45) is 19.5. The first-order valence-corrected chi connectivity index (χ1v) is 6.89. The predicted molar refractivity (Wildman–Crippen MR) is 82.4 cm³/mol. The molecule has 0 saturated heterocycles. The standard InChI is InChI=1S/C16H28N2/c1-3-5-7-9-11-13-15-17-18-16-14-12-10-8-6-4-2/h3-4,11-14,17-18H,1-2,5-10,15-16H2. The monoisotopic (exact) mass is 248 g/mol. The van der Waals surface area contributed by atoms with Crippen molar-refractivity contribution >= 4 is 0 Å². The van der Waals surface area contributed by atoms with E-state index in [-0.39, 0.29) is 0 Å². The van der Waals surface area contributed by atoms with Crippen LogP contribution >= 0.6 is 0 Å². The van der Waals surface area contributed by atoms with Crippen molar-refractivity contribution in [2.75, 3.05) is 13.1 Å². The summed E-state index contributed by atoms with van der Waals surface area (Å²) in [4.78, 5) is 0. The molecule has 0 aromatic carbocycles. The lowest BCUT2D eigenvalue weighted by Crippen LogP contribution is -2.31. The van der Waals surface area contributed by atoms with E-state index in [0.29, 0.717) is 0 Å². The smallest absolute Gasteiger partial charge is 0.0281 e. The molecule has 0 aromatic rings. The van der Waals surface area contributed by atoms with Crippen LogP contribution in [0, 0.1) is 0 Å². The molecule has 0 unspecified atom stereocenters. The largest absolute Gasteiger partial charge is 0.254 e. The molecule has 0 aliphatic carbocycles. The predicted octanol–water partition coefficient (Wildman–Crippen LogP) is 3.91. The van der Waals surface area contributed by atoms with E-state index in [1.54, 1.807) is 0 Å². The summed E-state index contributed by atoms with van der Waals surface area (Å²) in [5, 5.41) is 0. The van der Waals surface area contributed by atoms with Crippen LogP contribution in [0.4, 0.5) is 0 Å². The van der Waals surface area contributed by atoms with Gasteiger partial charge in [-0.15, -0.1) is 13.2 Å².